The van der Waals surface area contributed by atoms with E-state index in [1.165, 1.54) is 11.3 Å². The van der Waals surface area contributed by atoms with Crippen LogP contribution in [0.15, 0.2) is 67.0 Å². The number of fused-ring (bicyclic) bond motifs is 1. The van der Waals surface area contributed by atoms with Crippen molar-refractivity contribution in [2.45, 2.75) is 13.0 Å². The third-order valence-electron chi connectivity index (χ3n) is 4.42. The van der Waals surface area contributed by atoms with Gasteiger partial charge in [-0.05, 0) is 36.8 Å². The lowest BCUT2D eigenvalue weighted by Crippen LogP contribution is -2.26. The average Bonchev–Trinajstić information content (AvgIpc) is 3.05. The molecule has 0 bridgehead atoms. The first-order valence-electron chi connectivity index (χ1n) is 8.58. The molecule has 0 aliphatic carbocycles. The number of carbonyl (C=O) groups is 1. The molecule has 0 fully saturated rings. The van der Waals surface area contributed by atoms with E-state index in [1.807, 2.05) is 61.5 Å². The first-order chi connectivity index (χ1) is 13.1. The van der Waals surface area contributed by atoms with Gasteiger partial charge in [0.1, 0.15) is 9.71 Å². The summed E-state index contributed by atoms with van der Waals surface area (Å²) in [6.07, 6.45) is 3.46. The molecule has 27 heavy (non-hydrogen) atoms. The molecule has 0 spiro atoms. The first kappa shape index (κ1) is 17.2. The molecule has 3 aromatic heterocycles. The Morgan fingerprint density at radius 3 is 2.56 bits per heavy atom. The first-order valence-corrected chi connectivity index (χ1v) is 9.40. The highest BCUT2D eigenvalue weighted by Crippen LogP contribution is 2.34. The average molecular weight is 374 g/mol. The quantitative estimate of drug-likeness (QED) is 0.554. The largest absolute Gasteiger partial charge is 0.397 e. The zero-order chi connectivity index (χ0) is 18.8. The number of anilines is 1. The molecule has 1 unspecified atom stereocenters. The number of hydrogen-bond donors (Lipinski definition) is 2. The highest BCUT2D eigenvalue weighted by atomic mass is 32.1. The van der Waals surface area contributed by atoms with Gasteiger partial charge >= 0.3 is 0 Å². The number of aromatic nitrogens is 2. The molecule has 4 rings (SSSR count). The van der Waals surface area contributed by atoms with Gasteiger partial charge in [-0.25, -0.2) is 4.98 Å². The van der Waals surface area contributed by atoms with Gasteiger partial charge in [-0.1, -0.05) is 30.3 Å². The predicted molar refractivity (Wildman–Crippen MR) is 110 cm³/mol. The molecule has 0 radical (unpaired) electrons. The zero-order valence-corrected chi connectivity index (χ0v) is 15.5. The number of nitrogens with two attached hydrogens (primary N) is 1. The fourth-order valence-electron chi connectivity index (χ4n) is 2.94. The summed E-state index contributed by atoms with van der Waals surface area (Å²) in [5, 5.41) is 3.82. The molecule has 3 N–H and O–H groups in total. The second kappa shape index (κ2) is 7.17. The number of hydrogen-bond acceptors (Lipinski definition) is 5. The lowest BCUT2D eigenvalue weighted by atomic mass is 10.1. The van der Waals surface area contributed by atoms with E-state index in [2.05, 4.69) is 15.3 Å². The van der Waals surface area contributed by atoms with Gasteiger partial charge in [-0.2, -0.15) is 0 Å². The SMILES string of the molecule is CC(NC(=O)c1sc2nc(-c3ccncc3)ccc2c1N)c1ccccc1. The number of amides is 1. The van der Waals surface area contributed by atoms with Crippen LogP contribution in [-0.2, 0) is 0 Å². The Bertz CT molecular complexity index is 1090. The van der Waals surface area contributed by atoms with Gasteiger partial charge in [0.05, 0.1) is 17.4 Å². The lowest BCUT2D eigenvalue weighted by molar-refractivity contribution is 0.0945. The smallest absolute Gasteiger partial charge is 0.264 e. The molecule has 3 heterocycles. The van der Waals surface area contributed by atoms with Crippen molar-refractivity contribution in [3.05, 3.63) is 77.4 Å². The zero-order valence-electron chi connectivity index (χ0n) is 14.7. The third-order valence-corrected chi connectivity index (χ3v) is 5.54. The number of carbonyl (C=O) groups excluding carboxylic acids is 1. The van der Waals surface area contributed by atoms with Gasteiger partial charge in [-0.3, -0.25) is 9.78 Å². The van der Waals surface area contributed by atoms with Crippen molar-refractivity contribution in [3.8, 4) is 11.3 Å². The van der Waals surface area contributed by atoms with Crippen molar-refractivity contribution in [2.24, 2.45) is 0 Å². The Labute approximate surface area is 160 Å². The van der Waals surface area contributed by atoms with Crippen LogP contribution in [0.5, 0.6) is 0 Å². The van der Waals surface area contributed by atoms with Crippen molar-refractivity contribution >= 4 is 33.1 Å². The summed E-state index contributed by atoms with van der Waals surface area (Å²) in [5.74, 6) is -0.183. The molecule has 0 aliphatic heterocycles. The molecular weight excluding hydrogens is 356 g/mol. The second-order valence-corrected chi connectivity index (χ2v) is 7.23. The molecule has 1 aromatic carbocycles. The fraction of sp³-hybridized carbons (Fsp3) is 0.0952. The monoisotopic (exact) mass is 374 g/mol. The summed E-state index contributed by atoms with van der Waals surface area (Å²) in [4.78, 5) is 22.7. The van der Waals surface area contributed by atoms with Crippen LogP contribution in [0.3, 0.4) is 0 Å². The van der Waals surface area contributed by atoms with E-state index in [0.29, 0.717) is 10.6 Å². The van der Waals surface area contributed by atoms with Crippen LogP contribution in [0.2, 0.25) is 0 Å². The fourth-order valence-corrected chi connectivity index (χ4v) is 3.93. The molecular formula is C21H18N4OS. The van der Waals surface area contributed by atoms with Crippen LogP contribution in [0, 0.1) is 0 Å². The van der Waals surface area contributed by atoms with Crippen LogP contribution >= 0.6 is 11.3 Å². The van der Waals surface area contributed by atoms with E-state index in [1.54, 1.807) is 12.4 Å². The van der Waals surface area contributed by atoms with Crippen LogP contribution in [0.4, 0.5) is 5.69 Å². The van der Waals surface area contributed by atoms with Crippen molar-refractivity contribution in [1.29, 1.82) is 0 Å². The molecule has 1 atom stereocenters. The molecule has 5 nitrogen and oxygen atoms in total. The molecule has 134 valence electrons. The van der Waals surface area contributed by atoms with Crippen LogP contribution in [-0.4, -0.2) is 15.9 Å². The summed E-state index contributed by atoms with van der Waals surface area (Å²) in [5.41, 5.74) is 9.57. The number of nitrogens with zero attached hydrogens (tertiary/aromatic N) is 2. The summed E-state index contributed by atoms with van der Waals surface area (Å²) in [7, 11) is 0. The van der Waals surface area contributed by atoms with Crippen LogP contribution in [0.1, 0.15) is 28.2 Å². The van der Waals surface area contributed by atoms with Crippen molar-refractivity contribution < 1.29 is 4.79 Å². The molecule has 1 amide bonds. The Morgan fingerprint density at radius 2 is 1.81 bits per heavy atom. The van der Waals surface area contributed by atoms with E-state index >= 15 is 0 Å². The minimum absolute atomic E-state index is 0.108. The van der Waals surface area contributed by atoms with E-state index in [9.17, 15) is 4.79 Å². The molecule has 4 aromatic rings. The highest BCUT2D eigenvalue weighted by molar-refractivity contribution is 7.21. The number of nitrogen functional groups attached to an aromatic ring is 1. The van der Waals surface area contributed by atoms with Gasteiger partial charge in [0.2, 0.25) is 0 Å². The predicted octanol–water partition coefficient (Wildman–Crippen LogP) is 4.43. The molecule has 0 saturated heterocycles. The molecule has 6 heteroatoms. The van der Waals surface area contributed by atoms with Crippen molar-refractivity contribution in [2.75, 3.05) is 5.73 Å². The second-order valence-electron chi connectivity index (χ2n) is 6.24. The van der Waals surface area contributed by atoms with Crippen molar-refractivity contribution in [1.82, 2.24) is 15.3 Å². The minimum Gasteiger partial charge on any atom is -0.397 e. The third kappa shape index (κ3) is 3.39. The van der Waals surface area contributed by atoms with Gasteiger partial charge < -0.3 is 11.1 Å². The summed E-state index contributed by atoms with van der Waals surface area (Å²) in [6.45, 7) is 1.95. The summed E-state index contributed by atoms with van der Waals surface area (Å²) in [6, 6.07) is 17.4. The standard InChI is InChI=1S/C21H18N4OS/c1-13(14-5-3-2-4-6-14)24-20(26)19-18(22)16-7-8-17(25-21(16)27-19)15-9-11-23-12-10-15/h2-13H,22H2,1H3,(H,24,26). The summed E-state index contributed by atoms with van der Waals surface area (Å²) < 4.78 is 0. The Kier molecular flexibility index (Phi) is 4.56. The maximum Gasteiger partial charge on any atom is 0.264 e. The minimum atomic E-state index is -0.183. The lowest BCUT2D eigenvalue weighted by Gasteiger charge is -2.13. The summed E-state index contributed by atoms with van der Waals surface area (Å²) >= 11 is 1.31. The number of rotatable bonds is 4. The van der Waals surface area contributed by atoms with Gasteiger partial charge in [0.15, 0.2) is 0 Å². The number of benzene rings is 1. The Hall–Kier alpha value is -3.25. The van der Waals surface area contributed by atoms with E-state index in [4.69, 9.17) is 5.73 Å². The van der Waals surface area contributed by atoms with E-state index < -0.39 is 0 Å². The number of pyridine rings is 2. The van der Waals surface area contributed by atoms with Gasteiger partial charge in [0, 0.05) is 23.3 Å². The maximum absolute atomic E-state index is 12.8. The maximum atomic E-state index is 12.8. The van der Waals surface area contributed by atoms with E-state index in [0.717, 1.165) is 27.0 Å². The topological polar surface area (TPSA) is 80.9 Å². The van der Waals surface area contributed by atoms with Crippen LogP contribution < -0.4 is 11.1 Å². The van der Waals surface area contributed by atoms with Gasteiger partial charge in [-0.15, -0.1) is 11.3 Å². The van der Waals surface area contributed by atoms with E-state index in [-0.39, 0.29) is 11.9 Å². The highest BCUT2D eigenvalue weighted by Gasteiger charge is 2.19. The number of nitrogens with one attached hydrogen (secondary N) is 1. The molecule has 0 saturated carbocycles. The number of thiophene rings is 1. The van der Waals surface area contributed by atoms with Crippen molar-refractivity contribution in [3.63, 3.8) is 0 Å². The van der Waals surface area contributed by atoms with Gasteiger partial charge in [0.25, 0.3) is 5.91 Å². The molecule has 0 aliphatic rings. The Morgan fingerprint density at radius 1 is 1.07 bits per heavy atom. The Balaban J connectivity index is 1.64. The van der Waals surface area contributed by atoms with Crippen LogP contribution in [0.25, 0.3) is 21.5 Å². The normalized spacial score (nSPS) is 12.0.